The number of amides is 4. The van der Waals surface area contributed by atoms with Crippen molar-refractivity contribution in [2.75, 3.05) is 20.1 Å². The number of benzene rings is 3. The summed E-state index contributed by atoms with van der Waals surface area (Å²) in [5.74, 6) is -0.639. The van der Waals surface area contributed by atoms with Crippen LogP contribution in [0.3, 0.4) is 0 Å². The molecule has 8 nitrogen and oxygen atoms in total. The Bertz CT molecular complexity index is 1330. The Morgan fingerprint density at radius 2 is 1.76 bits per heavy atom. The van der Waals surface area contributed by atoms with Crippen LogP contribution in [0.25, 0.3) is 10.8 Å². The molecule has 0 saturated carbocycles. The predicted molar refractivity (Wildman–Crippen MR) is 137 cm³/mol. The van der Waals surface area contributed by atoms with Crippen LogP contribution >= 0.6 is 0 Å². The largest absolute Gasteiger partial charge is 0.334 e. The third-order valence-electron chi connectivity index (χ3n) is 7.13. The summed E-state index contributed by atoms with van der Waals surface area (Å²) in [7, 11) is 1.69. The normalized spacial score (nSPS) is 20.4. The lowest BCUT2D eigenvalue weighted by molar-refractivity contribution is -0.187. The average Bonchev–Trinajstić information content (AvgIpc) is 2.89. The van der Waals surface area contributed by atoms with E-state index in [0.29, 0.717) is 13.0 Å². The van der Waals surface area contributed by atoms with Gasteiger partial charge in [0, 0.05) is 20.1 Å². The van der Waals surface area contributed by atoms with Crippen molar-refractivity contribution in [3.05, 3.63) is 83.7 Å². The predicted octanol–water partition coefficient (Wildman–Crippen LogP) is 3.33. The van der Waals surface area contributed by atoms with Gasteiger partial charge in [-0.05, 0) is 40.5 Å². The van der Waals surface area contributed by atoms with Crippen molar-refractivity contribution in [1.82, 2.24) is 25.1 Å². The summed E-state index contributed by atoms with van der Waals surface area (Å²) in [6.07, 6.45) is -0.195. The number of piperazine rings is 1. The molecule has 192 valence electrons. The SMILES string of the molecule is CC[C@H]1C(=O)N(Cc2cccc3ccccc23)C[C@H]2N1C(=O)CN(C)N2C(=O)NCc1ccc(F)cc1. The van der Waals surface area contributed by atoms with Gasteiger partial charge in [0.25, 0.3) is 0 Å². The molecule has 2 aliphatic rings. The highest BCUT2D eigenvalue weighted by molar-refractivity contribution is 5.92. The summed E-state index contributed by atoms with van der Waals surface area (Å²) in [5, 5.41) is 8.16. The van der Waals surface area contributed by atoms with Gasteiger partial charge in [-0.2, -0.15) is 0 Å². The third-order valence-corrected chi connectivity index (χ3v) is 7.13. The van der Waals surface area contributed by atoms with Gasteiger partial charge in [0.2, 0.25) is 11.8 Å². The molecule has 5 rings (SSSR count). The fourth-order valence-electron chi connectivity index (χ4n) is 5.33. The van der Waals surface area contributed by atoms with E-state index in [2.05, 4.69) is 5.32 Å². The minimum Gasteiger partial charge on any atom is -0.333 e. The highest BCUT2D eigenvalue weighted by Gasteiger charge is 2.50. The number of likely N-dealkylation sites (N-methyl/N-ethyl adjacent to an activating group) is 1. The average molecular weight is 504 g/mol. The number of hydrazine groups is 1. The first-order valence-electron chi connectivity index (χ1n) is 12.5. The first kappa shape index (κ1) is 24.7. The molecule has 2 fully saturated rings. The molecule has 2 atom stereocenters. The lowest BCUT2D eigenvalue weighted by Gasteiger charge is -2.54. The topological polar surface area (TPSA) is 76.2 Å². The molecular formula is C28H30FN5O3. The summed E-state index contributed by atoms with van der Waals surface area (Å²) in [6, 6.07) is 18.9. The number of hydrogen-bond donors (Lipinski definition) is 1. The maximum absolute atomic E-state index is 13.6. The number of carbonyl (C=O) groups excluding carboxylic acids is 3. The van der Waals surface area contributed by atoms with Crippen LogP contribution < -0.4 is 5.32 Å². The van der Waals surface area contributed by atoms with Gasteiger partial charge in [-0.25, -0.2) is 19.2 Å². The molecule has 3 aromatic carbocycles. The van der Waals surface area contributed by atoms with Crippen LogP contribution in [0.5, 0.6) is 0 Å². The van der Waals surface area contributed by atoms with Crippen LogP contribution in [0.15, 0.2) is 66.7 Å². The smallest absolute Gasteiger partial charge is 0.333 e. The Kier molecular flexibility index (Phi) is 6.80. The summed E-state index contributed by atoms with van der Waals surface area (Å²) in [5.41, 5.74) is 1.77. The zero-order chi connectivity index (χ0) is 26.1. The van der Waals surface area contributed by atoms with E-state index in [0.717, 1.165) is 21.9 Å². The molecule has 1 N–H and O–H groups in total. The van der Waals surface area contributed by atoms with E-state index in [-0.39, 0.29) is 43.3 Å². The monoisotopic (exact) mass is 503 g/mol. The first-order valence-corrected chi connectivity index (χ1v) is 12.5. The quantitative estimate of drug-likeness (QED) is 0.580. The molecule has 2 aliphatic heterocycles. The second kappa shape index (κ2) is 10.2. The zero-order valence-electron chi connectivity index (χ0n) is 20.9. The van der Waals surface area contributed by atoms with Crippen molar-refractivity contribution in [2.45, 2.75) is 38.6 Å². The molecule has 0 aromatic heterocycles. The van der Waals surface area contributed by atoms with Gasteiger partial charge in [0.05, 0.1) is 13.1 Å². The van der Waals surface area contributed by atoms with Crippen LogP contribution in [-0.4, -0.2) is 70.0 Å². The molecule has 0 spiro atoms. The molecule has 0 unspecified atom stereocenters. The second-order valence-electron chi connectivity index (χ2n) is 9.51. The van der Waals surface area contributed by atoms with Gasteiger partial charge in [-0.15, -0.1) is 0 Å². The Morgan fingerprint density at radius 1 is 1.03 bits per heavy atom. The van der Waals surface area contributed by atoms with Crippen LogP contribution in [0.2, 0.25) is 0 Å². The molecular weight excluding hydrogens is 473 g/mol. The lowest BCUT2D eigenvalue weighted by atomic mass is 10.0. The van der Waals surface area contributed by atoms with Crippen molar-refractivity contribution in [3.63, 3.8) is 0 Å². The Morgan fingerprint density at radius 3 is 2.51 bits per heavy atom. The first-order chi connectivity index (χ1) is 17.9. The third kappa shape index (κ3) is 4.74. The fourth-order valence-corrected chi connectivity index (χ4v) is 5.33. The van der Waals surface area contributed by atoms with Gasteiger partial charge >= 0.3 is 6.03 Å². The molecule has 2 heterocycles. The number of nitrogens with zero attached hydrogens (tertiary/aromatic N) is 4. The van der Waals surface area contributed by atoms with Crippen LogP contribution in [0.1, 0.15) is 24.5 Å². The second-order valence-corrected chi connectivity index (χ2v) is 9.51. The fraction of sp³-hybridized carbons (Fsp3) is 0.321. The van der Waals surface area contributed by atoms with Crippen LogP contribution in [-0.2, 0) is 22.7 Å². The number of fused-ring (bicyclic) bond motifs is 2. The van der Waals surface area contributed by atoms with Crippen molar-refractivity contribution in [1.29, 1.82) is 0 Å². The Balaban J connectivity index is 1.41. The molecule has 3 aromatic rings. The van der Waals surface area contributed by atoms with Crippen LogP contribution in [0.4, 0.5) is 9.18 Å². The number of urea groups is 1. The van der Waals surface area contributed by atoms with Gasteiger partial charge in [-0.1, -0.05) is 61.5 Å². The minimum absolute atomic E-state index is 0.00638. The summed E-state index contributed by atoms with van der Waals surface area (Å²) >= 11 is 0. The molecule has 37 heavy (non-hydrogen) atoms. The molecule has 0 bridgehead atoms. The van der Waals surface area contributed by atoms with Gasteiger partial charge < -0.3 is 15.1 Å². The van der Waals surface area contributed by atoms with E-state index in [1.165, 1.54) is 17.1 Å². The standard InChI is InChI=1S/C28H30FN5O3/c1-3-24-27(36)32(16-21-9-6-8-20-7-4-5-10-23(20)21)17-25-33(24)26(35)18-31(2)34(25)28(37)30-15-19-11-13-22(29)14-12-19/h4-14,24-25H,3,15-18H2,1-2H3,(H,30,37)/t24-,25-/m0/s1. The number of carbonyl (C=O) groups is 3. The van der Waals surface area contributed by atoms with Crippen molar-refractivity contribution < 1.29 is 18.8 Å². The molecule has 0 radical (unpaired) electrons. The van der Waals surface area contributed by atoms with Crippen molar-refractivity contribution >= 4 is 28.6 Å². The number of halogens is 1. The zero-order valence-corrected chi connectivity index (χ0v) is 20.9. The van der Waals surface area contributed by atoms with E-state index >= 15 is 0 Å². The number of hydrogen-bond acceptors (Lipinski definition) is 4. The lowest BCUT2D eigenvalue weighted by Crippen LogP contribution is -2.75. The summed E-state index contributed by atoms with van der Waals surface area (Å²) in [4.78, 5) is 43.4. The number of nitrogens with one attached hydrogen (secondary N) is 1. The van der Waals surface area contributed by atoms with Crippen molar-refractivity contribution in [3.8, 4) is 0 Å². The molecule has 2 saturated heterocycles. The summed E-state index contributed by atoms with van der Waals surface area (Å²) < 4.78 is 13.3. The van der Waals surface area contributed by atoms with Crippen molar-refractivity contribution in [2.24, 2.45) is 0 Å². The van der Waals surface area contributed by atoms with E-state index in [1.807, 2.05) is 49.4 Å². The van der Waals surface area contributed by atoms with Gasteiger partial charge in [-0.3, -0.25) is 9.59 Å². The van der Waals surface area contributed by atoms with E-state index in [4.69, 9.17) is 0 Å². The maximum Gasteiger partial charge on any atom is 0.334 e. The van der Waals surface area contributed by atoms with Gasteiger partial charge in [0.1, 0.15) is 18.0 Å². The number of rotatable bonds is 5. The van der Waals surface area contributed by atoms with E-state index in [1.54, 1.807) is 34.0 Å². The highest BCUT2D eigenvalue weighted by atomic mass is 19.1. The molecule has 9 heteroatoms. The molecule has 0 aliphatic carbocycles. The van der Waals surface area contributed by atoms with E-state index in [9.17, 15) is 18.8 Å². The molecule has 4 amide bonds. The van der Waals surface area contributed by atoms with Gasteiger partial charge in [0.15, 0.2) is 0 Å². The highest BCUT2D eigenvalue weighted by Crippen LogP contribution is 2.29. The van der Waals surface area contributed by atoms with Crippen LogP contribution in [0, 0.1) is 5.82 Å². The summed E-state index contributed by atoms with van der Waals surface area (Å²) in [6.45, 7) is 2.65. The maximum atomic E-state index is 13.6. The van der Waals surface area contributed by atoms with E-state index < -0.39 is 12.2 Å². The Hall–Kier alpha value is -3.98. The Labute approximate surface area is 215 Å². The minimum atomic E-state index is -0.651.